The van der Waals surface area contributed by atoms with Gasteiger partial charge in [0.05, 0.1) is 5.52 Å². The molecular weight excluding hydrogens is 198 g/mol. The molecule has 0 aliphatic carbocycles. The van der Waals surface area contributed by atoms with Gasteiger partial charge in [-0.05, 0) is 31.5 Å². The molecule has 0 bridgehead atoms. The fourth-order valence-corrected chi connectivity index (χ4v) is 1.79. The Kier molecular flexibility index (Phi) is 3.06. The molecule has 84 valence electrons. The highest BCUT2D eigenvalue weighted by Crippen LogP contribution is 2.20. The van der Waals surface area contributed by atoms with Gasteiger partial charge in [0.25, 0.3) is 0 Å². The standard InChI is InChI=1S/C13H17N3/c1-9(2)15-13-7-10(8-14)11-5-3-4-6-12(11)16-13/h3-7,9H,8,14H2,1-2H3,(H,15,16). The van der Waals surface area contributed by atoms with E-state index < -0.39 is 0 Å². The molecule has 0 amide bonds. The fourth-order valence-electron chi connectivity index (χ4n) is 1.79. The number of pyridine rings is 1. The minimum atomic E-state index is 0.374. The number of hydrogen-bond donors (Lipinski definition) is 2. The van der Waals surface area contributed by atoms with Crippen LogP contribution in [0.5, 0.6) is 0 Å². The van der Waals surface area contributed by atoms with Gasteiger partial charge in [-0.15, -0.1) is 0 Å². The fraction of sp³-hybridized carbons (Fsp3) is 0.308. The van der Waals surface area contributed by atoms with E-state index in [1.165, 1.54) is 0 Å². The third-order valence-corrected chi connectivity index (χ3v) is 2.46. The van der Waals surface area contributed by atoms with Crippen molar-refractivity contribution in [3.05, 3.63) is 35.9 Å². The summed E-state index contributed by atoms with van der Waals surface area (Å²) < 4.78 is 0. The largest absolute Gasteiger partial charge is 0.368 e. The lowest BCUT2D eigenvalue weighted by molar-refractivity contribution is 0.889. The predicted octanol–water partition coefficient (Wildman–Crippen LogP) is 2.51. The molecule has 0 saturated heterocycles. The monoisotopic (exact) mass is 215 g/mol. The van der Waals surface area contributed by atoms with E-state index in [1.54, 1.807) is 0 Å². The molecule has 3 nitrogen and oxygen atoms in total. The van der Waals surface area contributed by atoms with Crippen molar-refractivity contribution in [2.24, 2.45) is 5.73 Å². The van der Waals surface area contributed by atoms with Crippen LogP contribution in [-0.4, -0.2) is 11.0 Å². The van der Waals surface area contributed by atoms with Crippen molar-refractivity contribution in [3.8, 4) is 0 Å². The van der Waals surface area contributed by atoms with Crippen LogP contribution in [0.15, 0.2) is 30.3 Å². The zero-order chi connectivity index (χ0) is 11.5. The summed E-state index contributed by atoms with van der Waals surface area (Å²) in [6.45, 7) is 4.73. The molecule has 1 heterocycles. The van der Waals surface area contributed by atoms with Gasteiger partial charge in [0.1, 0.15) is 5.82 Å². The molecule has 1 aromatic carbocycles. The Morgan fingerprint density at radius 3 is 2.75 bits per heavy atom. The first-order chi connectivity index (χ1) is 7.70. The lowest BCUT2D eigenvalue weighted by Crippen LogP contribution is -2.12. The van der Waals surface area contributed by atoms with E-state index in [4.69, 9.17) is 5.73 Å². The first kappa shape index (κ1) is 10.9. The zero-order valence-corrected chi connectivity index (χ0v) is 9.70. The van der Waals surface area contributed by atoms with Gasteiger partial charge in [0.15, 0.2) is 0 Å². The number of fused-ring (bicyclic) bond motifs is 1. The summed E-state index contributed by atoms with van der Waals surface area (Å²) in [6, 6.07) is 10.5. The highest BCUT2D eigenvalue weighted by molar-refractivity contribution is 5.84. The maximum Gasteiger partial charge on any atom is 0.127 e. The zero-order valence-electron chi connectivity index (χ0n) is 9.70. The molecule has 0 aliphatic heterocycles. The predicted molar refractivity (Wildman–Crippen MR) is 68.4 cm³/mol. The average molecular weight is 215 g/mol. The Morgan fingerprint density at radius 1 is 1.31 bits per heavy atom. The molecule has 0 radical (unpaired) electrons. The van der Waals surface area contributed by atoms with Crippen LogP contribution in [-0.2, 0) is 6.54 Å². The van der Waals surface area contributed by atoms with E-state index in [-0.39, 0.29) is 0 Å². The van der Waals surface area contributed by atoms with Crippen LogP contribution >= 0.6 is 0 Å². The summed E-state index contributed by atoms with van der Waals surface area (Å²) in [5, 5.41) is 4.44. The minimum absolute atomic E-state index is 0.374. The molecule has 3 heteroatoms. The summed E-state index contributed by atoms with van der Waals surface area (Å²) in [5.74, 6) is 0.897. The van der Waals surface area contributed by atoms with Gasteiger partial charge < -0.3 is 11.1 Å². The maximum atomic E-state index is 5.76. The molecule has 0 saturated carbocycles. The number of nitrogens with one attached hydrogen (secondary N) is 1. The second-order valence-electron chi connectivity index (χ2n) is 4.19. The molecule has 0 aliphatic rings. The summed E-state index contributed by atoms with van der Waals surface area (Å²) >= 11 is 0. The molecule has 0 atom stereocenters. The lowest BCUT2D eigenvalue weighted by atomic mass is 10.1. The normalized spacial score (nSPS) is 11.0. The van der Waals surface area contributed by atoms with Crippen molar-refractivity contribution < 1.29 is 0 Å². The van der Waals surface area contributed by atoms with Crippen molar-refractivity contribution in [2.75, 3.05) is 5.32 Å². The SMILES string of the molecule is CC(C)Nc1cc(CN)c2ccccc2n1. The van der Waals surface area contributed by atoms with Crippen molar-refractivity contribution in [1.29, 1.82) is 0 Å². The summed E-state index contributed by atoms with van der Waals surface area (Å²) in [6.07, 6.45) is 0. The van der Waals surface area contributed by atoms with Crippen molar-refractivity contribution in [1.82, 2.24) is 4.98 Å². The van der Waals surface area contributed by atoms with Gasteiger partial charge in [-0.2, -0.15) is 0 Å². The van der Waals surface area contributed by atoms with Crippen LogP contribution < -0.4 is 11.1 Å². The molecule has 16 heavy (non-hydrogen) atoms. The van der Waals surface area contributed by atoms with Crippen molar-refractivity contribution in [2.45, 2.75) is 26.4 Å². The molecule has 0 spiro atoms. The number of hydrogen-bond acceptors (Lipinski definition) is 3. The molecule has 0 fully saturated rings. The van der Waals surface area contributed by atoms with Gasteiger partial charge in [0, 0.05) is 18.0 Å². The maximum absolute atomic E-state index is 5.76. The number of anilines is 1. The Labute approximate surface area is 95.7 Å². The van der Waals surface area contributed by atoms with E-state index in [2.05, 4.69) is 30.2 Å². The van der Waals surface area contributed by atoms with E-state index in [1.807, 2.05) is 24.3 Å². The molecule has 0 unspecified atom stereocenters. The summed E-state index contributed by atoms with van der Waals surface area (Å²) in [5.41, 5.74) is 7.89. The van der Waals surface area contributed by atoms with E-state index in [0.717, 1.165) is 22.3 Å². The molecular formula is C13H17N3. The minimum Gasteiger partial charge on any atom is -0.368 e. The Hall–Kier alpha value is -1.61. The summed E-state index contributed by atoms with van der Waals surface area (Å²) in [4.78, 5) is 4.56. The van der Waals surface area contributed by atoms with Crippen LogP contribution in [0.3, 0.4) is 0 Å². The first-order valence-electron chi connectivity index (χ1n) is 5.56. The highest BCUT2D eigenvalue weighted by Gasteiger charge is 2.04. The van der Waals surface area contributed by atoms with Gasteiger partial charge in [-0.1, -0.05) is 18.2 Å². The van der Waals surface area contributed by atoms with Crippen LogP contribution in [0.2, 0.25) is 0 Å². The Morgan fingerprint density at radius 2 is 2.06 bits per heavy atom. The average Bonchev–Trinajstić information content (AvgIpc) is 2.27. The van der Waals surface area contributed by atoms with Gasteiger partial charge >= 0.3 is 0 Å². The van der Waals surface area contributed by atoms with E-state index in [0.29, 0.717) is 12.6 Å². The number of nitrogens with zero attached hydrogens (tertiary/aromatic N) is 1. The van der Waals surface area contributed by atoms with Crippen molar-refractivity contribution in [3.63, 3.8) is 0 Å². The van der Waals surface area contributed by atoms with Crippen LogP contribution in [0, 0.1) is 0 Å². The second-order valence-corrected chi connectivity index (χ2v) is 4.19. The number of para-hydroxylation sites is 1. The third-order valence-electron chi connectivity index (χ3n) is 2.46. The number of rotatable bonds is 3. The number of aromatic nitrogens is 1. The molecule has 2 aromatic rings. The highest BCUT2D eigenvalue weighted by atomic mass is 15.0. The van der Waals surface area contributed by atoms with Gasteiger partial charge in [0.2, 0.25) is 0 Å². The van der Waals surface area contributed by atoms with E-state index >= 15 is 0 Å². The Bertz CT molecular complexity index is 492. The van der Waals surface area contributed by atoms with Crippen LogP contribution in [0.1, 0.15) is 19.4 Å². The van der Waals surface area contributed by atoms with E-state index in [9.17, 15) is 0 Å². The number of benzene rings is 1. The smallest absolute Gasteiger partial charge is 0.127 e. The van der Waals surface area contributed by atoms with Gasteiger partial charge in [-0.3, -0.25) is 0 Å². The molecule has 2 rings (SSSR count). The first-order valence-corrected chi connectivity index (χ1v) is 5.56. The quantitative estimate of drug-likeness (QED) is 0.827. The topological polar surface area (TPSA) is 50.9 Å². The van der Waals surface area contributed by atoms with Crippen molar-refractivity contribution >= 4 is 16.7 Å². The van der Waals surface area contributed by atoms with Crippen LogP contribution in [0.25, 0.3) is 10.9 Å². The van der Waals surface area contributed by atoms with Gasteiger partial charge in [-0.25, -0.2) is 4.98 Å². The Balaban J connectivity index is 2.54. The lowest BCUT2D eigenvalue weighted by Gasteiger charge is -2.12. The number of nitrogens with two attached hydrogens (primary N) is 1. The van der Waals surface area contributed by atoms with Crippen LogP contribution in [0.4, 0.5) is 5.82 Å². The summed E-state index contributed by atoms with van der Waals surface area (Å²) in [7, 11) is 0. The molecule has 1 aromatic heterocycles. The second kappa shape index (κ2) is 4.49. The third kappa shape index (κ3) is 2.14. The molecule has 3 N–H and O–H groups in total.